The van der Waals surface area contributed by atoms with Gasteiger partial charge in [0.1, 0.15) is 11.9 Å². The Kier molecular flexibility index (Phi) is 4.42. The zero-order valence-corrected chi connectivity index (χ0v) is 13.5. The third-order valence-electron chi connectivity index (χ3n) is 4.08. The summed E-state index contributed by atoms with van der Waals surface area (Å²) in [6, 6.07) is 10.7. The summed E-state index contributed by atoms with van der Waals surface area (Å²) in [5, 5.41) is 9.55. The van der Waals surface area contributed by atoms with Crippen LogP contribution in [0.4, 0.5) is 5.82 Å². The van der Waals surface area contributed by atoms with Gasteiger partial charge in [0.25, 0.3) is 0 Å². The summed E-state index contributed by atoms with van der Waals surface area (Å²) in [7, 11) is 0. The van der Waals surface area contributed by atoms with Gasteiger partial charge in [-0.05, 0) is 37.8 Å². The lowest BCUT2D eigenvalue weighted by atomic mass is 10.0. The van der Waals surface area contributed by atoms with Gasteiger partial charge in [0, 0.05) is 13.1 Å². The molecule has 0 bridgehead atoms. The first kappa shape index (κ1) is 15.3. The van der Waals surface area contributed by atoms with E-state index >= 15 is 0 Å². The lowest BCUT2D eigenvalue weighted by Crippen LogP contribution is -2.28. The molecule has 2 heterocycles. The number of rotatable bonds is 3. The van der Waals surface area contributed by atoms with Gasteiger partial charge >= 0.3 is 0 Å². The van der Waals surface area contributed by atoms with Gasteiger partial charge in [0.15, 0.2) is 11.4 Å². The van der Waals surface area contributed by atoms with E-state index in [2.05, 4.69) is 45.2 Å². The molecule has 1 aliphatic rings. The van der Waals surface area contributed by atoms with E-state index in [1.165, 1.54) is 11.1 Å². The van der Waals surface area contributed by atoms with E-state index in [-0.39, 0.29) is 0 Å². The molecule has 5 nitrogen and oxygen atoms in total. The van der Waals surface area contributed by atoms with E-state index in [0.29, 0.717) is 29.7 Å². The normalized spacial score (nSPS) is 13.9. The molecular formula is C18H20N4O. The summed E-state index contributed by atoms with van der Waals surface area (Å²) >= 11 is 0. The maximum absolute atomic E-state index is 9.55. The van der Waals surface area contributed by atoms with Crippen molar-refractivity contribution < 1.29 is 4.74 Å². The average Bonchev–Trinajstić information content (AvgIpc) is 2.77. The highest BCUT2D eigenvalue weighted by Gasteiger charge is 2.22. The SMILES string of the molecule is CCOc1nc(C)nc(N2CCc3ccccc3CC2)c1C#N. The molecule has 0 fully saturated rings. The van der Waals surface area contributed by atoms with E-state index < -0.39 is 0 Å². The largest absolute Gasteiger partial charge is 0.477 e. The molecule has 3 rings (SSSR count). The fraction of sp³-hybridized carbons (Fsp3) is 0.389. The number of nitriles is 1. The van der Waals surface area contributed by atoms with Crippen LogP contribution in [0.5, 0.6) is 5.88 Å². The third-order valence-corrected chi connectivity index (χ3v) is 4.08. The van der Waals surface area contributed by atoms with Gasteiger partial charge in [0.05, 0.1) is 6.61 Å². The quantitative estimate of drug-likeness (QED) is 0.872. The maximum atomic E-state index is 9.55. The minimum atomic E-state index is 0.388. The summed E-state index contributed by atoms with van der Waals surface area (Å²) in [6.45, 7) is 5.89. The molecule has 5 heteroatoms. The van der Waals surface area contributed by atoms with Gasteiger partial charge < -0.3 is 9.64 Å². The van der Waals surface area contributed by atoms with Crippen molar-refractivity contribution in [1.82, 2.24) is 9.97 Å². The van der Waals surface area contributed by atoms with Crippen LogP contribution in [0, 0.1) is 18.3 Å². The molecule has 1 aliphatic heterocycles. The molecule has 0 amide bonds. The van der Waals surface area contributed by atoms with Crippen LogP contribution < -0.4 is 9.64 Å². The molecule has 23 heavy (non-hydrogen) atoms. The molecule has 1 aromatic heterocycles. The molecule has 0 N–H and O–H groups in total. The molecule has 0 spiro atoms. The maximum Gasteiger partial charge on any atom is 0.237 e. The molecule has 2 aromatic rings. The number of hydrogen-bond acceptors (Lipinski definition) is 5. The van der Waals surface area contributed by atoms with Crippen LogP contribution >= 0.6 is 0 Å². The number of nitrogens with zero attached hydrogens (tertiary/aromatic N) is 4. The predicted octanol–water partition coefficient (Wildman–Crippen LogP) is 2.66. The minimum absolute atomic E-state index is 0.388. The number of aryl methyl sites for hydroxylation is 1. The zero-order valence-electron chi connectivity index (χ0n) is 13.5. The lowest BCUT2D eigenvalue weighted by Gasteiger charge is -2.23. The molecule has 0 aliphatic carbocycles. The van der Waals surface area contributed by atoms with Crippen LogP contribution in [0.2, 0.25) is 0 Å². The number of anilines is 1. The zero-order chi connectivity index (χ0) is 16.2. The van der Waals surface area contributed by atoms with Gasteiger partial charge in [-0.2, -0.15) is 10.2 Å². The molecule has 1 aromatic carbocycles. The Labute approximate surface area is 136 Å². The Balaban J connectivity index is 1.95. The van der Waals surface area contributed by atoms with Gasteiger partial charge in [0.2, 0.25) is 5.88 Å². The highest BCUT2D eigenvalue weighted by Crippen LogP contribution is 2.27. The van der Waals surface area contributed by atoms with Crippen LogP contribution in [0.25, 0.3) is 0 Å². The number of ether oxygens (including phenoxy) is 1. The third kappa shape index (κ3) is 3.11. The fourth-order valence-corrected chi connectivity index (χ4v) is 2.98. The van der Waals surface area contributed by atoms with Crippen molar-refractivity contribution >= 4 is 5.82 Å². The first-order valence-corrected chi connectivity index (χ1v) is 7.96. The summed E-state index contributed by atoms with van der Waals surface area (Å²) in [6.07, 6.45) is 1.90. The molecule has 0 atom stereocenters. The topological polar surface area (TPSA) is 62.0 Å². The van der Waals surface area contributed by atoms with Crippen LogP contribution in [0.15, 0.2) is 24.3 Å². The lowest BCUT2D eigenvalue weighted by molar-refractivity contribution is 0.324. The van der Waals surface area contributed by atoms with Crippen molar-refractivity contribution in [2.24, 2.45) is 0 Å². The number of fused-ring (bicyclic) bond motifs is 1. The second-order valence-corrected chi connectivity index (χ2v) is 5.58. The van der Waals surface area contributed by atoms with Crippen LogP contribution in [0.1, 0.15) is 29.4 Å². The van der Waals surface area contributed by atoms with E-state index in [4.69, 9.17) is 4.74 Å². The van der Waals surface area contributed by atoms with Crippen molar-refractivity contribution in [3.05, 3.63) is 46.8 Å². The Morgan fingerprint density at radius 1 is 1.17 bits per heavy atom. The summed E-state index contributed by atoms with van der Waals surface area (Å²) in [4.78, 5) is 11.0. The van der Waals surface area contributed by atoms with E-state index in [1.807, 2.05) is 13.8 Å². The monoisotopic (exact) mass is 308 g/mol. The molecule has 0 saturated heterocycles. The molecular weight excluding hydrogens is 288 g/mol. The van der Waals surface area contributed by atoms with Crippen molar-refractivity contribution in [2.75, 3.05) is 24.6 Å². The minimum Gasteiger partial charge on any atom is -0.477 e. The van der Waals surface area contributed by atoms with Crippen LogP contribution in [0.3, 0.4) is 0 Å². The van der Waals surface area contributed by atoms with Gasteiger partial charge in [-0.15, -0.1) is 0 Å². The van der Waals surface area contributed by atoms with Crippen molar-refractivity contribution in [3.8, 4) is 11.9 Å². The molecule has 0 radical (unpaired) electrons. The second kappa shape index (κ2) is 6.66. The van der Waals surface area contributed by atoms with E-state index in [1.54, 1.807) is 0 Å². The predicted molar refractivity (Wildman–Crippen MR) is 88.7 cm³/mol. The highest BCUT2D eigenvalue weighted by atomic mass is 16.5. The van der Waals surface area contributed by atoms with Crippen molar-refractivity contribution in [2.45, 2.75) is 26.7 Å². The van der Waals surface area contributed by atoms with Crippen molar-refractivity contribution in [1.29, 1.82) is 5.26 Å². The number of benzene rings is 1. The standard InChI is InChI=1S/C18H20N4O/c1-3-23-18-16(12-19)17(20-13(2)21-18)22-10-8-14-6-4-5-7-15(14)9-11-22/h4-7H,3,8-11H2,1-2H3. The van der Waals surface area contributed by atoms with Gasteiger partial charge in [-0.25, -0.2) is 4.98 Å². The average molecular weight is 308 g/mol. The summed E-state index contributed by atoms with van der Waals surface area (Å²) in [5.74, 6) is 1.71. The fourth-order valence-electron chi connectivity index (χ4n) is 2.98. The van der Waals surface area contributed by atoms with Gasteiger partial charge in [-0.3, -0.25) is 0 Å². The molecule has 0 saturated carbocycles. The Morgan fingerprint density at radius 3 is 2.39 bits per heavy atom. The first-order valence-electron chi connectivity index (χ1n) is 7.96. The smallest absolute Gasteiger partial charge is 0.237 e. The van der Waals surface area contributed by atoms with Crippen molar-refractivity contribution in [3.63, 3.8) is 0 Å². The Morgan fingerprint density at radius 2 is 1.83 bits per heavy atom. The summed E-state index contributed by atoms with van der Waals surface area (Å²) < 4.78 is 5.53. The Bertz CT molecular complexity index is 724. The van der Waals surface area contributed by atoms with E-state index in [9.17, 15) is 5.26 Å². The molecule has 118 valence electrons. The van der Waals surface area contributed by atoms with Gasteiger partial charge in [-0.1, -0.05) is 24.3 Å². The van der Waals surface area contributed by atoms with Crippen LogP contribution in [-0.4, -0.2) is 29.7 Å². The summed E-state index contributed by atoms with van der Waals surface area (Å²) in [5.41, 5.74) is 3.19. The molecule has 0 unspecified atom stereocenters. The number of aromatic nitrogens is 2. The first-order chi connectivity index (χ1) is 11.2. The van der Waals surface area contributed by atoms with Crippen LogP contribution in [-0.2, 0) is 12.8 Å². The second-order valence-electron chi connectivity index (χ2n) is 5.58. The number of hydrogen-bond donors (Lipinski definition) is 0. The van der Waals surface area contributed by atoms with E-state index in [0.717, 1.165) is 25.9 Å². The highest BCUT2D eigenvalue weighted by molar-refractivity contribution is 5.59. The Hall–Kier alpha value is -2.61.